The van der Waals surface area contributed by atoms with Crippen molar-refractivity contribution in [2.45, 2.75) is 0 Å². The molecule has 0 rings (SSSR count). The second-order valence-corrected chi connectivity index (χ2v) is 1.35. The molecule has 0 aliphatic heterocycles. The third-order valence-corrected chi connectivity index (χ3v) is 0.826. The molecular weight excluding hydrogens is 162 g/mol. The molecule has 0 unspecified atom stereocenters. The van der Waals surface area contributed by atoms with Gasteiger partial charge >= 0.3 is 0 Å². The van der Waals surface area contributed by atoms with Gasteiger partial charge in [0.15, 0.2) is 0 Å². The predicted octanol–water partition coefficient (Wildman–Crippen LogP) is -1.49. The number of rotatable bonds is 2. The summed E-state index contributed by atoms with van der Waals surface area (Å²) < 4.78 is 0. The number of amides is 1. The minimum atomic E-state index is -0.317. The highest BCUT2D eigenvalue weighted by Crippen LogP contribution is 1.73. The highest BCUT2D eigenvalue weighted by molar-refractivity contribution is 9.09. The summed E-state index contributed by atoms with van der Waals surface area (Å²) in [6.07, 6.45) is 0. The van der Waals surface area contributed by atoms with E-state index in [4.69, 9.17) is 5.53 Å². The topological polar surface area (TPSA) is 65.4 Å². The molecule has 0 aliphatic carbocycles. The van der Waals surface area contributed by atoms with Crippen LogP contribution in [-0.2, 0) is 4.79 Å². The van der Waals surface area contributed by atoms with Crippen LogP contribution in [0.25, 0.3) is 5.53 Å². The zero-order valence-corrected chi connectivity index (χ0v) is 5.03. The maximum atomic E-state index is 10.0. The van der Waals surface area contributed by atoms with Crippen molar-refractivity contribution in [3.8, 4) is 0 Å². The van der Waals surface area contributed by atoms with Gasteiger partial charge in [0.2, 0.25) is 5.91 Å². The lowest BCUT2D eigenvalue weighted by Gasteiger charge is -1.88. The predicted molar refractivity (Wildman–Crippen MR) is 26.3 cm³/mol. The first kappa shape index (κ1) is 6.55. The van der Waals surface area contributed by atoms with Gasteiger partial charge in [-0.05, 0) is 0 Å². The van der Waals surface area contributed by atoms with Crippen molar-refractivity contribution >= 4 is 21.8 Å². The van der Waals surface area contributed by atoms with Crippen molar-refractivity contribution in [2.24, 2.45) is 0 Å². The Morgan fingerprint density at radius 2 is 2.57 bits per heavy atom. The lowest BCUT2D eigenvalue weighted by molar-refractivity contribution is -0.533. The van der Waals surface area contributed by atoms with Crippen molar-refractivity contribution in [3.63, 3.8) is 0 Å². The van der Waals surface area contributed by atoms with Crippen molar-refractivity contribution in [1.82, 2.24) is 5.43 Å². The van der Waals surface area contributed by atoms with E-state index in [1.807, 2.05) is 5.43 Å². The maximum absolute atomic E-state index is 10.0. The van der Waals surface area contributed by atoms with Crippen LogP contribution in [0, 0.1) is 0 Å². The van der Waals surface area contributed by atoms with Gasteiger partial charge in [-0.25, -0.2) is 5.43 Å². The van der Waals surface area contributed by atoms with E-state index in [1.165, 1.54) is 5.22 Å². The Morgan fingerprint density at radius 1 is 2.00 bits per heavy atom. The van der Waals surface area contributed by atoms with E-state index in [9.17, 15) is 4.79 Å². The zero-order valence-electron chi connectivity index (χ0n) is 3.44. The zero-order chi connectivity index (χ0) is 5.70. The molecule has 2 N–H and O–H groups in total. The molecule has 0 spiro atoms. The van der Waals surface area contributed by atoms with Gasteiger partial charge in [-0.1, -0.05) is 15.9 Å². The van der Waals surface area contributed by atoms with Crippen molar-refractivity contribution in [1.29, 1.82) is 0 Å². The molecule has 0 saturated heterocycles. The quantitative estimate of drug-likeness (QED) is 0.293. The van der Waals surface area contributed by atoms with E-state index in [1.54, 1.807) is 0 Å². The summed E-state index contributed by atoms with van der Waals surface area (Å²) in [6.45, 7) is 0. The van der Waals surface area contributed by atoms with E-state index in [0.29, 0.717) is 0 Å². The van der Waals surface area contributed by atoms with Crippen LogP contribution in [0.3, 0.4) is 0 Å². The van der Waals surface area contributed by atoms with Gasteiger partial charge in [0.05, 0.1) is 5.33 Å². The molecule has 0 atom stereocenters. The molecule has 40 valence electrons. The van der Waals surface area contributed by atoms with Gasteiger partial charge in [0.25, 0.3) is 0 Å². The highest BCUT2D eigenvalue weighted by atomic mass is 79.9. The molecule has 0 radical (unpaired) electrons. The largest absolute Gasteiger partial charge is 0.293 e. The second kappa shape index (κ2) is 3.73. The summed E-state index contributed by atoms with van der Waals surface area (Å²) >= 11 is 2.85. The number of nitrogens with one attached hydrogen (secondary N) is 2. The van der Waals surface area contributed by atoms with E-state index in [0.717, 1.165) is 0 Å². The van der Waals surface area contributed by atoms with Gasteiger partial charge in [-0.3, -0.25) is 4.79 Å². The van der Waals surface area contributed by atoms with Crippen molar-refractivity contribution < 1.29 is 10.0 Å². The molecule has 0 aromatic heterocycles. The maximum Gasteiger partial charge on any atom is 0.202 e. The smallest absolute Gasteiger partial charge is 0.202 e. The Hall–Kier alpha value is -0.450. The van der Waals surface area contributed by atoms with Crippen LogP contribution in [0.4, 0.5) is 0 Å². The first-order valence-corrected chi connectivity index (χ1v) is 2.67. The summed E-state index contributed by atoms with van der Waals surface area (Å²) in [5.74, 6) is -0.317. The highest BCUT2D eigenvalue weighted by Gasteiger charge is 1.87. The molecule has 4 nitrogen and oxygen atoms in total. The molecular formula is C2H4BrN3O. The number of carbonyl (C=O) groups excluding carboxylic acids is 1. The average molecular weight is 166 g/mol. The van der Waals surface area contributed by atoms with E-state index < -0.39 is 0 Å². The van der Waals surface area contributed by atoms with E-state index in [-0.39, 0.29) is 11.2 Å². The Bertz CT molecular complexity index is 83.0. The first-order valence-electron chi connectivity index (χ1n) is 1.55. The van der Waals surface area contributed by atoms with E-state index >= 15 is 0 Å². The number of hydrazine groups is 1. The van der Waals surface area contributed by atoms with Crippen LogP contribution in [0.5, 0.6) is 0 Å². The monoisotopic (exact) mass is 165 g/mol. The number of hydrogen-bond donors (Lipinski definition) is 2. The van der Waals surface area contributed by atoms with Crippen molar-refractivity contribution in [3.05, 3.63) is 5.53 Å². The first-order chi connectivity index (χ1) is 3.31. The molecule has 0 fully saturated rings. The number of nitrogens with zero attached hydrogens (tertiary/aromatic N) is 1. The normalized spacial score (nSPS) is 7.57. The lowest BCUT2D eigenvalue weighted by atomic mass is 10.8. The molecule has 0 heterocycles. The fourth-order valence-electron chi connectivity index (χ4n) is 0.0958. The Morgan fingerprint density at radius 3 is 2.71 bits per heavy atom. The summed E-state index contributed by atoms with van der Waals surface area (Å²) in [6, 6.07) is 0. The molecule has 7 heavy (non-hydrogen) atoms. The van der Waals surface area contributed by atoms with Gasteiger partial charge < -0.3 is 0 Å². The number of hydrogen-bond acceptors (Lipinski definition) is 1. The average Bonchev–Trinajstić information content (AvgIpc) is 1.68. The van der Waals surface area contributed by atoms with Crippen molar-refractivity contribution in [2.75, 3.05) is 5.33 Å². The fraction of sp³-hybridized carbons (Fsp3) is 0.500. The van der Waals surface area contributed by atoms with Crippen LogP contribution < -0.4 is 10.6 Å². The van der Waals surface area contributed by atoms with Crippen LogP contribution in [0.15, 0.2) is 0 Å². The lowest BCUT2D eigenvalue weighted by Crippen LogP contribution is -2.77. The molecule has 0 aliphatic rings. The molecule has 1 amide bonds. The van der Waals surface area contributed by atoms with Crippen LogP contribution in [0.1, 0.15) is 0 Å². The molecule has 0 aromatic carbocycles. The summed E-state index contributed by atoms with van der Waals surface area (Å²) in [5, 5.41) is 1.67. The Balaban J connectivity index is 3.17. The van der Waals surface area contributed by atoms with Gasteiger partial charge in [0, 0.05) is 0 Å². The number of alkyl halides is 1. The molecule has 0 aromatic rings. The molecule has 5 heteroatoms. The number of carbonyl (C=O) groups is 1. The van der Waals surface area contributed by atoms with Gasteiger partial charge in [-0.2, -0.15) is 10.8 Å². The van der Waals surface area contributed by atoms with Gasteiger partial charge in [0.1, 0.15) is 0 Å². The van der Waals surface area contributed by atoms with Crippen LogP contribution in [-0.4, -0.2) is 11.2 Å². The third kappa shape index (κ3) is 3.38. The third-order valence-electron chi connectivity index (χ3n) is 0.317. The summed E-state index contributed by atoms with van der Waals surface area (Å²) in [7, 11) is 0. The van der Waals surface area contributed by atoms with Gasteiger partial charge in [-0.15, -0.1) is 0 Å². The van der Waals surface area contributed by atoms with E-state index in [2.05, 4.69) is 15.9 Å². The summed E-state index contributed by atoms with van der Waals surface area (Å²) in [4.78, 5) is 10.0. The van der Waals surface area contributed by atoms with Crippen LogP contribution >= 0.6 is 15.9 Å². The Kier molecular flexibility index (Phi) is 3.49. The standard InChI is InChI=1S/C2H4BrN3O/c3-1-2(7)5-6-4/h6H,1H2,(H-,4,5,7). The van der Waals surface area contributed by atoms with Crippen LogP contribution in [0.2, 0.25) is 0 Å². The SMILES string of the molecule is [N-]=[NH+]NC(=O)CBr. The minimum absolute atomic E-state index is 0.181. The number of halogens is 1. The second-order valence-electron chi connectivity index (χ2n) is 0.794. The molecule has 0 saturated carbocycles. The molecule has 0 bridgehead atoms. The fourth-order valence-corrected chi connectivity index (χ4v) is 0.236. The Labute approximate surface area is 48.9 Å². The summed E-state index contributed by atoms with van der Waals surface area (Å²) in [5.41, 5.74) is 9.68. The minimum Gasteiger partial charge on any atom is -0.293 e.